The molecule has 2 aromatic carbocycles. The Morgan fingerprint density at radius 2 is 1.68 bits per heavy atom. The summed E-state index contributed by atoms with van der Waals surface area (Å²) < 4.78 is 16.7. The van der Waals surface area contributed by atoms with Gasteiger partial charge in [0.25, 0.3) is 5.91 Å². The molecule has 2 aromatic rings. The lowest BCUT2D eigenvalue weighted by Gasteiger charge is -2.34. The van der Waals surface area contributed by atoms with Gasteiger partial charge in [-0.05, 0) is 68.7 Å². The molecule has 0 aromatic heterocycles. The highest BCUT2D eigenvalue weighted by atomic mass is 16.5. The number of carbonyl (C=O) groups is 2. The van der Waals surface area contributed by atoms with E-state index in [1.807, 2.05) is 54.3 Å². The second-order valence-corrected chi connectivity index (χ2v) is 11.7. The van der Waals surface area contributed by atoms with E-state index in [9.17, 15) is 9.59 Å². The van der Waals surface area contributed by atoms with E-state index in [4.69, 9.17) is 14.2 Å². The lowest BCUT2D eigenvalue weighted by molar-refractivity contribution is -0.131. The molecule has 8 heteroatoms. The summed E-state index contributed by atoms with van der Waals surface area (Å²) in [6.07, 6.45) is 3.34. The summed E-state index contributed by atoms with van der Waals surface area (Å²) in [5, 5.41) is 3.55. The predicted octanol–water partition coefficient (Wildman–Crippen LogP) is 4.34. The predicted molar refractivity (Wildman–Crippen MR) is 161 cm³/mol. The minimum absolute atomic E-state index is 0.00764. The first-order valence-electron chi connectivity index (χ1n) is 15.0. The second kappa shape index (κ2) is 14.7. The first-order chi connectivity index (χ1) is 19.8. The molecule has 2 atom stereocenters. The zero-order chi connectivity index (χ0) is 29.4. The Labute approximate surface area is 245 Å². The van der Waals surface area contributed by atoms with Crippen LogP contribution in [0.1, 0.15) is 54.6 Å². The zero-order valence-electron chi connectivity index (χ0n) is 25.4. The maximum atomic E-state index is 14.0. The van der Waals surface area contributed by atoms with Crippen molar-refractivity contribution in [3.63, 3.8) is 0 Å². The van der Waals surface area contributed by atoms with Gasteiger partial charge < -0.3 is 29.3 Å². The van der Waals surface area contributed by atoms with Crippen LogP contribution in [0, 0.1) is 18.8 Å². The fraction of sp³-hybridized carbons (Fsp3) is 0.576. The largest absolute Gasteiger partial charge is 0.493 e. The third-order valence-corrected chi connectivity index (χ3v) is 8.22. The molecule has 41 heavy (non-hydrogen) atoms. The first kappa shape index (κ1) is 30.8. The molecule has 1 aliphatic heterocycles. The molecule has 1 saturated heterocycles. The van der Waals surface area contributed by atoms with Crippen LogP contribution in [-0.4, -0.2) is 87.3 Å². The average Bonchev–Trinajstić information content (AvgIpc) is 3.71. The Bertz CT molecular complexity index is 1150. The monoisotopic (exact) mass is 565 g/mol. The van der Waals surface area contributed by atoms with Crippen molar-refractivity contribution in [2.45, 2.75) is 58.5 Å². The van der Waals surface area contributed by atoms with Crippen molar-refractivity contribution in [1.82, 2.24) is 15.1 Å². The van der Waals surface area contributed by atoms with Gasteiger partial charge in [0.1, 0.15) is 0 Å². The number of ether oxygens (including phenoxy) is 3. The Kier molecular flexibility index (Phi) is 11.1. The molecule has 2 unspecified atom stereocenters. The molecule has 2 amide bonds. The van der Waals surface area contributed by atoms with E-state index in [0.29, 0.717) is 55.2 Å². The molecule has 8 nitrogen and oxygen atoms in total. The third kappa shape index (κ3) is 8.23. The van der Waals surface area contributed by atoms with E-state index >= 15 is 0 Å². The van der Waals surface area contributed by atoms with E-state index in [2.05, 4.69) is 24.1 Å². The second-order valence-electron chi connectivity index (χ2n) is 11.7. The van der Waals surface area contributed by atoms with Gasteiger partial charge in [0.15, 0.2) is 11.5 Å². The van der Waals surface area contributed by atoms with Crippen LogP contribution in [-0.2, 0) is 16.0 Å². The number of hydrogen-bond acceptors (Lipinski definition) is 6. The van der Waals surface area contributed by atoms with Crippen LogP contribution >= 0.6 is 0 Å². The van der Waals surface area contributed by atoms with Gasteiger partial charge in [-0.2, -0.15) is 0 Å². The molecule has 1 heterocycles. The maximum absolute atomic E-state index is 14.0. The van der Waals surface area contributed by atoms with Crippen molar-refractivity contribution in [2.24, 2.45) is 11.8 Å². The topological polar surface area (TPSA) is 80.3 Å². The quantitative estimate of drug-likeness (QED) is 0.324. The van der Waals surface area contributed by atoms with Gasteiger partial charge in [0, 0.05) is 64.0 Å². The maximum Gasteiger partial charge on any atom is 0.254 e. The summed E-state index contributed by atoms with van der Waals surface area (Å²) in [5.41, 5.74) is 2.54. The zero-order valence-corrected chi connectivity index (χ0v) is 25.4. The van der Waals surface area contributed by atoms with E-state index in [-0.39, 0.29) is 23.8 Å². The third-order valence-electron chi connectivity index (χ3n) is 8.22. The summed E-state index contributed by atoms with van der Waals surface area (Å²) in [6, 6.07) is 14.1. The average molecular weight is 566 g/mol. The number of hydrogen-bond donors (Lipinski definition) is 1. The van der Waals surface area contributed by atoms with Crippen LogP contribution in [0.2, 0.25) is 0 Å². The van der Waals surface area contributed by atoms with Crippen LogP contribution in [0.25, 0.3) is 0 Å². The van der Waals surface area contributed by atoms with Gasteiger partial charge in [0.05, 0.1) is 20.1 Å². The van der Waals surface area contributed by atoms with E-state index in [0.717, 1.165) is 50.0 Å². The van der Waals surface area contributed by atoms with Crippen LogP contribution in [0.15, 0.2) is 42.5 Å². The number of methoxy groups -OCH3 is 2. The van der Waals surface area contributed by atoms with Crippen molar-refractivity contribution in [2.75, 3.05) is 53.6 Å². The van der Waals surface area contributed by atoms with Crippen LogP contribution in [0.3, 0.4) is 0 Å². The highest BCUT2D eigenvalue weighted by molar-refractivity contribution is 5.96. The van der Waals surface area contributed by atoms with E-state index in [1.165, 1.54) is 0 Å². The SMILES string of the molecule is COCCCOc1cc(C(=O)N(CC2CNCC2CN(C(=O)Cc2ccccc2)C2CC2)C(C)C)c(C)cc1OC. The minimum Gasteiger partial charge on any atom is -0.493 e. The molecule has 2 fully saturated rings. The number of nitrogens with zero attached hydrogens (tertiary/aromatic N) is 2. The molecule has 2 aliphatic rings. The molecule has 0 bridgehead atoms. The summed E-state index contributed by atoms with van der Waals surface area (Å²) in [5.74, 6) is 1.93. The molecular formula is C33H47N3O5. The summed E-state index contributed by atoms with van der Waals surface area (Å²) >= 11 is 0. The number of amides is 2. The molecule has 224 valence electrons. The Hall–Kier alpha value is -3.10. The van der Waals surface area contributed by atoms with Crippen molar-refractivity contribution < 1.29 is 23.8 Å². The fourth-order valence-electron chi connectivity index (χ4n) is 5.67. The fourth-order valence-corrected chi connectivity index (χ4v) is 5.67. The Balaban J connectivity index is 1.46. The number of carbonyl (C=O) groups excluding carboxylic acids is 2. The summed E-state index contributed by atoms with van der Waals surface area (Å²) in [7, 11) is 3.28. The number of benzene rings is 2. The van der Waals surface area contributed by atoms with Crippen LogP contribution in [0.4, 0.5) is 0 Å². The van der Waals surface area contributed by atoms with Crippen LogP contribution < -0.4 is 14.8 Å². The smallest absolute Gasteiger partial charge is 0.254 e. The molecule has 0 spiro atoms. The molecule has 1 saturated carbocycles. The lowest BCUT2D eigenvalue weighted by Crippen LogP contribution is -2.45. The highest BCUT2D eigenvalue weighted by Crippen LogP contribution is 2.33. The van der Waals surface area contributed by atoms with Crippen molar-refractivity contribution in [3.8, 4) is 11.5 Å². The van der Waals surface area contributed by atoms with Gasteiger partial charge in [0.2, 0.25) is 5.91 Å². The van der Waals surface area contributed by atoms with Crippen molar-refractivity contribution in [1.29, 1.82) is 0 Å². The first-order valence-corrected chi connectivity index (χ1v) is 15.0. The van der Waals surface area contributed by atoms with Crippen molar-refractivity contribution in [3.05, 3.63) is 59.2 Å². The molecule has 1 N–H and O–H groups in total. The highest BCUT2D eigenvalue weighted by Gasteiger charge is 2.38. The Morgan fingerprint density at radius 3 is 2.32 bits per heavy atom. The minimum atomic E-state index is -0.00764. The Morgan fingerprint density at radius 1 is 0.976 bits per heavy atom. The molecule has 4 rings (SSSR count). The van der Waals surface area contributed by atoms with Gasteiger partial charge in [-0.15, -0.1) is 0 Å². The van der Waals surface area contributed by atoms with Gasteiger partial charge in [-0.3, -0.25) is 9.59 Å². The molecule has 0 radical (unpaired) electrons. The van der Waals surface area contributed by atoms with Gasteiger partial charge in [-0.1, -0.05) is 30.3 Å². The summed E-state index contributed by atoms with van der Waals surface area (Å²) in [6.45, 7) is 10.2. The lowest BCUT2D eigenvalue weighted by atomic mass is 9.93. The normalized spacial score (nSPS) is 18.4. The molecular weight excluding hydrogens is 518 g/mol. The van der Waals surface area contributed by atoms with Crippen molar-refractivity contribution >= 4 is 11.8 Å². The molecule has 1 aliphatic carbocycles. The van der Waals surface area contributed by atoms with Gasteiger partial charge >= 0.3 is 0 Å². The van der Waals surface area contributed by atoms with Crippen LogP contribution in [0.5, 0.6) is 11.5 Å². The number of nitrogens with one attached hydrogen (secondary N) is 1. The van der Waals surface area contributed by atoms with Gasteiger partial charge in [-0.25, -0.2) is 0 Å². The number of rotatable bonds is 15. The standard InChI is InChI=1S/C33H47N3O5/c1-23(2)35(33(38)29-18-31(41-15-9-14-39-4)30(40-5)16-24(29)3)21-26-19-34-20-27(26)22-36(28-12-13-28)32(37)17-25-10-7-6-8-11-25/h6-8,10-11,16,18,23,26-28,34H,9,12-15,17,19-22H2,1-5H3. The van der Waals surface area contributed by atoms with E-state index < -0.39 is 0 Å². The van der Waals surface area contributed by atoms with E-state index in [1.54, 1.807) is 14.2 Å². The summed E-state index contributed by atoms with van der Waals surface area (Å²) in [4.78, 5) is 31.4. The number of aryl methyl sites for hydroxylation is 1.